The molecule has 5 heteroatoms. The van der Waals surface area contributed by atoms with Gasteiger partial charge in [-0.3, -0.25) is 9.00 Å². The van der Waals surface area contributed by atoms with Crippen LogP contribution in [0.1, 0.15) is 12.0 Å². The van der Waals surface area contributed by atoms with Crippen LogP contribution in [0.5, 0.6) is 0 Å². The van der Waals surface area contributed by atoms with Crippen LogP contribution in [0, 0.1) is 0 Å². The molecule has 0 saturated heterocycles. The average molecular weight is 322 g/mol. The van der Waals surface area contributed by atoms with Gasteiger partial charge in [-0.2, -0.15) is 0 Å². The van der Waals surface area contributed by atoms with Crippen LogP contribution < -0.4 is 5.32 Å². The minimum Gasteiger partial charge on any atom is -0.326 e. The number of carbonyl (C=O) groups is 1. The lowest BCUT2D eigenvalue weighted by molar-refractivity contribution is -0.115. The second-order valence-corrected chi connectivity index (χ2v) is 6.59. The van der Waals surface area contributed by atoms with Crippen LogP contribution in [0.4, 0.5) is 5.69 Å². The summed E-state index contributed by atoms with van der Waals surface area (Å²) in [5.41, 5.74) is 1.71. The first-order chi connectivity index (χ1) is 10.1. The summed E-state index contributed by atoms with van der Waals surface area (Å²) in [5.74, 6) is 0.669. The van der Waals surface area contributed by atoms with Gasteiger partial charge in [-0.25, -0.2) is 0 Å². The lowest BCUT2D eigenvalue weighted by Gasteiger charge is -2.05. The molecular weight excluding hydrogens is 306 g/mol. The highest BCUT2D eigenvalue weighted by Crippen LogP contribution is 2.11. The van der Waals surface area contributed by atoms with Gasteiger partial charge in [-0.15, -0.1) is 0 Å². The van der Waals surface area contributed by atoms with Gasteiger partial charge in [0.2, 0.25) is 5.91 Å². The van der Waals surface area contributed by atoms with Crippen molar-refractivity contribution in [2.45, 2.75) is 12.2 Å². The van der Waals surface area contributed by atoms with Crippen LogP contribution in [0.3, 0.4) is 0 Å². The molecule has 0 fully saturated rings. The van der Waals surface area contributed by atoms with Gasteiger partial charge in [0, 0.05) is 39.4 Å². The maximum atomic E-state index is 12.0. The number of carbonyl (C=O) groups excluding carboxylic acids is 1. The highest BCUT2D eigenvalue weighted by atomic mass is 35.5. The first-order valence-electron chi connectivity index (χ1n) is 6.58. The summed E-state index contributed by atoms with van der Waals surface area (Å²) in [7, 11) is -1.06. The molecule has 0 bridgehead atoms. The van der Waals surface area contributed by atoms with Crippen LogP contribution in [0.25, 0.3) is 0 Å². The van der Waals surface area contributed by atoms with Gasteiger partial charge in [0.25, 0.3) is 0 Å². The van der Waals surface area contributed by atoms with E-state index in [0.717, 1.165) is 11.3 Å². The Morgan fingerprint density at radius 1 is 1.05 bits per heavy atom. The first-order valence-corrected chi connectivity index (χ1v) is 8.44. The molecule has 0 aliphatic rings. The van der Waals surface area contributed by atoms with Crippen LogP contribution >= 0.6 is 11.6 Å². The number of anilines is 1. The van der Waals surface area contributed by atoms with E-state index in [1.54, 1.807) is 12.1 Å². The van der Waals surface area contributed by atoms with Gasteiger partial charge in [0.1, 0.15) is 0 Å². The van der Waals surface area contributed by atoms with Crippen LogP contribution in [0.2, 0.25) is 5.02 Å². The van der Waals surface area contributed by atoms with Crippen LogP contribution in [0.15, 0.2) is 54.6 Å². The monoisotopic (exact) mass is 321 g/mol. The van der Waals surface area contributed by atoms with Crippen molar-refractivity contribution in [3.63, 3.8) is 0 Å². The van der Waals surface area contributed by atoms with E-state index >= 15 is 0 Å². The number of halogens is 1. The average Bonchev–Trinajstić information content (AvgIpc) is 2.49. The predicted molar refractivity (Wildman–Crippen MR) is 87.9 cm³/mol. The Hall–Kier alpha value is -1.65. The second kappa shape index (κ2) is 7.96. The molecule has 0 spiro atoms. The third-order valence-corrected chi connectivity index (χ3v) is 4.42. The van der Waals surface area contributed by atoms with Crippen molar-refractivity contribution in [2.75, 3.05) is 11.1 Å². The summed E-state index contributed by atoms with van der Waals surface area (Å²) in [6.45, 7) is 0. The van der Waals surface area contributed by atoms with E-state index in [9.17, 15) is 9.00 Å². The van der Waals surface area contributed by atoms with Crippen molar-refractivity contribution in [2.24, 2.45) is 0 Å². The van der Waals surface area contributed by atoms with Crippen LogP contribution in [-0.2, 0) is 21.3 Å². The molecule has 0 radical (unpaired) electrons. The molecule has 0 unspecified atom stereocenters. The van der Waals surface area contributed by atoms with Gasteiger partial charge in [-0.1, -0.05) is 41.9 Å². The molecule has 3 nitrogen and oxygen atoms in total. The minimum atomic E-state index is -1.06. The zero-order valence-electron chi connectivity index (χ0n) is 11.4. The maximum absolute atomic E-state index is 12.0. The highest BCUT2D eigenvalue weighted by Gasteiger charge is 2.07. The van der Waals surface area contributed by atoms with E-state index in [1.807, 2.05) is 42.5 Å². The molecule has 0 aromatic heterocycles. The Labute approximate surface area is 131 Å². The molecule has 0 aliphatic heterocycles. The van der Waals surface area contributed by atoms with Gasteiger partial charge in [-0.05, 0) is 29.8 Å². The lowest BCUT2D eigenvalue weighted by atomic mass is 10.2. The zero-order valence-corrected chi connectivity index (χ0v) is 13.0. The summed E-state index contributed by atoms with van der Waals surface area (Å²) in [6, 6.07) is 16.5. The maximum Gasteiger partial charge on any atom is 0.225 e. The molecule has 21 heavy (non-hydrogen) atoms. The summed E-state index contributed by atoms with van der Waals surface area (Å²) < 4.78 is 12.0. The fourth-order valence-corrected chi connectivity index (χ4v) is 3.04. The van der Waals surface area contributed by atoms with E-state index < -0.39 is 10.8 Å². The summed E-state index contributed by atoms with van der Waals surface area (Å²) >= 11 is 5.80. The van der Waals surface area contributed by atoms with Gasteiger partial charge in [0.15, 0.2) is 0 Å². The number of nitrogens with one attached hydrogen (secondary N) is 1. The molecule has 2 rings (SSSR count). The largest absolute Gasteiger partial charge is 0.326 e. The molecular formula is C16H16ClNO2S. The van der Waals surface area contributed by atoms with E-state index in [4.69, 9.17) is 11.6 Å². The van der Waals surface area contributed by atoms with Crippen molar-refractivity contribution in [1.29, 1.82) is 0 Å². The molecule has 1 amide bonds. The van der Waals surface area contributed by atoms with E-state index in [2.05, 4.69) is 5.32 Å². The standard InChI is InChI=1S/C16H16ClNO2S/c17-14-8-6-13(7-9-14)12-21(20)11-10-16(19)18-15-4-2-1-3-5-15/h1-9H,10-12H2,(H,18,19)/t21-/m1/s1. The third kappa shape index (κ3) is 5.69. The van der Waals surface area contributed by atoms with E-state index in [1.165, 1.54) is 0 Å². The van der Waals surface area contributed by atoms with E-state index in [-0.39, 0.29) is 12.3 Å². The van der Waals surface area contributed by atoms with Crippen molar-refractivity contribution in [3.05, 3.63) is 65.2 Å². The van der Waals surface area contributed by atoms with Crippen LogP contribution in [-0.4, -0.2) is 15.9 Å². The number of benzene rings is 2. The zero-order chi connectivity index (χ0) is 15.1. The molecule has 0 heterocycles. The summed E-state index contributed by atoms with van der Waals surface area (Å²) in [6.07, 6.45) is 0.245. The molecule has 2 aromatic rings. The smallest absolute Gasteiger partial charge is 0.225 e. The van der Waals surface area contributed by atoms with E-state index in [0.29, 0.717) is 16.5 Å². The lowest BCUT2D eigenvalue weighted by Crippen LogP contribution is -2.15. The Bertz CT molecular complexity index is 614. The molecule has 0 saturated carbocycles. The Balaban J connectivity index is 1.76. The van der Waals surface area contributed by atoms with Gasteiger partial charge < -0.3 is 5.32 Å². The molecule has 2 aromatic carbocycles. The molecule has 0 aliphatic carbocycles. The second-order valence-electron chi connectivity index (χ2n) is 4.58. The molecule has 1 atom stereocenters. The Morgan fingerprint density at radius 3 is 2.38 bits per heavy atom. The normalized spacial score (nSPS) is 11.9. The van der Waals surface area contributed by atoms with Gasteiger partial charge in [0.05, 0.1) is 0 Å². The Kier molecular flexibility index (Phi) is 5.96. The molecule has 110 valence electrons. The van der Waals surface area contributed by atoms with Crippen molar-refractivity contribution in [3.8, 4) is 0 Å². The van der Waals surface area contributed by atoms with Crippen molar-refractivity contribution < 1.29 is 9.00 Å². The first kappa shape index (κ1) is 15.7. The summed E-state index contributed by atoms with van der Waals surface area (Å²) in [4.78, 5) is 11.8. The fourth-order valence-electron chi connectivity index (χ4n) is 1.79. The highest BCUT2D eigenvalue weighted by molar-refractivity contribution is 7.84. The van der Waals surface area contributed by atoms with Gasteiger partial charge >= 0.3 is 0 Å². The number of hydrogen-bond donors (Lipinski definition) is 1. The molecule has 1 N–H and O–H groups in total. The SMILES string of the molecule is O=C(CC[S@@](=O)Cc1ccc(Cl)cc1)Nc1ccccc1. The Morgan fingerprint density at radius 2 is 1.71 bits per heavy atom. The predicted octanol–water partition coefficient (Wildman–Crippen LogP) is 3.62. The minimum absolute atomic E-state index is 0.120. The van der Waals surface area contributed by atoms with Crippen molar-refractivity contribution >= 4 is 34.0 Å². The number of hydrogen-bond acceptors (Lipinski definition) is 2. The van der Waals surface area contributed by atoms with Crippen molar-refractivity contribution in [1.82, 2.24) is 0 Å². The summed E-state index contributed by atoms with van der Waals surface area (Å²) in [5, 5.41) is 3.44. The number of rotatable bonds is 6. The topological polar surface area (TPSA) is 46.2 Å². The number of amides is 1. The quantitative estimate of drug-likeness (QED) is 0.883. The fraction of sp³-hybridized carbons (Fsp3) is 0.188. The number of para-hydroxylation sites is 1. The third-order valence-electron chi connectivity index (χ3n) is 2.86.